The Balaban J connectivity index is 2.28. The van der Waals surface area contributed by atoms with Crippen LogP contribution in [0, 0.1) is 0 Å². The number of carboxylic acid groups (broad SMARTS) is 1. The molecule has 0 aliphatic carbocycles. The zero-order valence-electron chi connectivity index (χ0n) is 9.97. The van der Waals surface area contributed by atoms with Crippen LogP contribution < -0.4 is 4.62 Å². The van der Waals surface area contributed by atoms with Crippen molar-refractivity contribution < 1.29 is 19.4 Å². The average Bonchev–Trinajstić information content (AvgIpc) is 2.91. The first-order valence-corrected chi connectivity index (χ1v) is 8.37. The van der Waals surface area contributed by atoms with Gasteiger partial charge in [0.15, 0.2) is 0 Å². The van der Waals surface area contributed by atoms with Gasteiger partial charge in [-0.3, -0.25) is 9.36 Å². The van der Waals surface area contributed by atoms with Gasteiger partial charge in [-0.2, -0.15) is 0 Å². The van der Waals surface area contributed by atoms with E-state index >= 15 is 0 Å². The Bertz CT molecular complexity index is 594. The summed E-state index contributed by atoms with van der Waals surface area (Å²) in [5.74, 6) is -2.06. The SMILES string of the molecule is O=C(O)C(CP(=O)(O)c1cccs1)c1ccccc1. The minimum atomic E-state index is -3.63. The molecule has 100 valence electrons. The highest BCUT2D eigenvalue weighted by molar-refractivity contribution is 7.72. The summed E-state index contributed by atoms with van der Waals surface area (Å²) in [5, 5.41) is 11.0. The summed E-state index contributed by atoms with van der Waals surface area (Å²) in [6.45, 7) is 0. The zero-order chi connectivity index (χ0) is 13.9. The number of aliphatic carboxylic acids is 1. The van der Waals surface area contributed by atoms with Gasteiger partial charge in [-0.25, -0.2) is 0 Å². The fourth-order valence-corrected chi connectivity index (χ4v) is 4.70. The summed E-state index contributed by atoms with van der Waals surface area (Å²) in [6.07, 6.45) is -0.285. The molecule has 0 aliphatic heterocycles. The molecule has 1 aromatic heterocycles. The molecular weight excluding hydrogens is 283 g/mol. The first-order valence-electron chi connectivity index (χ1n) is 5.64. The fourth-order valence-electron chi connectivity index (χ4n) is 1.82. The van der Waals surface area contributed by atoms with Crippen LogP contribution in [0.15, 0.2) is 47.8 Å². The Morgan fingerprint density at radius 3 is 2.42 bits per heavy atom. The van der Waals surface area contributed by atoms with Gasteiger partial charge < -0.3 is 10.00 Å². The van der Waals surface area contributed by atoms with Crippen LogP contribution in [0.4, 0.5) is 0 Å². The highest BCUT2D eigenvalue weighted by Gasteiger charge is 2.32. The molecule has 0 amide bonds. The van der Waals surface area contributed by atoms with Gasteiger partial charge in [-0.1, -0.05) is 36.4 Å². The summed E-state index contributed by atoms with van der Waals surface area (Å²) in [4.78, 5) is 21.4. The molecule has 0 saturated heterocycles. The quantitative estimate of drug-likeness (QED) is 0.831. The number of hydrogen-bond acceptors (Lipinski definition) is 3. The van der Waals surface area contributed by atoms with Crippen molar-refractivity contribution in [3.05, 3.63) is 53.4 Å². The average molecular weight is 296 g/mol. The number of thiophene rings is 1. The molecule has 2 N–H and O–H groups in total. The molecule has 2 rings (SSSR count). The second kappa shape index (κ2) is 5.70. The Morgan fingerprint density at radius 1 is 1.21 bits per heavy atom. The van der Waals surface area contributed by atoms with Crippen LogP contribution in [-0.4, -0.2) is 22.1 Å². The molecule has 0 fully saturated rings. The molecule has 2 atom stereocenters. The second-order valence-corrected chi connectivity index (χ2v) is 7.64. The van der Waals surface area contributed by atoms with Crippen molar-refractivity contribution in [2.24, 2.45) is 0 Å². The highest BCUT2D eigenvalue weighted by atomic mass is 32.1. The van der Waals surface area contributed by atoms with Gasteiger partial charge in [0.25, 0.3) is 0 Å². The van der Waals surface area contributed by atoms with Gasteiger partial charge in [0, 0.05) is 6.16 Å². The molecule has 2 unspecified atom stereocenters. The van der Waals surface area contributed by atoms with E-state index in [4.69, 9.17) is 0 Å². The molecule has 0 aliphatic rings. The normalized spacial score (nSPS) is 15.6. The first kappa shape index (κ1) is 14.0. The highest BCUT2D eigenvalue weighted by Crippen LogP contribution is 2.45. The lowest BCUT2D eigenvalue weighted by Crippen LogP contribution is -2.18. The van der Waals surface area contributed by atoms with E-state index in [0.717, 1.165) is 0 Å². The summed E-state index contributed by atoms with van der Waals surface area (Å²) < 4.78 is 12.6. The van der Waals surface area contributed by atoms with Crippen LogP contribution in [0.5, 0.6) is 0 Å². The molecule has 1 aromatic carbocycles. The van der Waals surface area contributed by atoms with Crippen molar-refractivity contribution >= 4 is 29.3 Å². The third kappa shape index (κ3) is 3.32. The van der Waals surface area contributed by atoms with Gasteiger partial charge in [-0.05, 0) is 17.0 Å². The second-order valence-electron chi connectivity index (χ2n) is 4.14. The lowest BCUT2D eigenvalue weighted by Gasteiger charge is -2.16. The van der Waals surface area contributed by atoms with Crippen LogP contribution in [0.25, 0.3) is 0 Å². The lowest BCUT2D eigenvalue weighted by molar-refractivity contribution is -0.138. The zero-order valence-corrected chi connectivity index (χ0v) is 11.7. The van der Waals surface area contributed by atoms with Crippen LogP contribution >= 0.6 is 18.7 Å². The monoisotopic (exact) mass is 296 g/mol. The number of benzene rings is 1. The van der Waals surface area contributed by atoms with Crippen molar-refractivity contribution in [1.82, 2.24) is 0 Å². The predicted molar refractivity (Wildman–Crippen MR) is 75.5 cm³/mol. The lowest BCUT2D eigenvalue weighted by atomic mass is 10.0. The smallest absolute Gasteiger partial charge is 0.311 e. The van der Waals surface area contributed by atoms with Crippen LogP contribution in [0.1, 0.15) is 11.5 Å². The van der Waals surface area contributed by atoms with E-state index in [2.05, 4.69) is 0 Å². The van der Waals surface area contributed by atoms with Gasteiger partial charge in [0.2, 0.25) is 7.37 Å². The van der Waals surface area contributed by atoms with Crippen molar-refractivity contribution in [2.45, 2.75) is 5.92 Å². The Morgan fingerprint density at radius 2 is 1.89 bits per heavy atom. The molecule has 0 radical (unpaired) electrons. The molecule has 6 heteroatoms. The third-order valence-corrected chi connectivity index (χ3v) is 6.32. The van der Waals surface area contributed by atoms with Crippen LogP contribution in [0.3, 0.4) is 0 Å². The van der Waals surface area contributed by atoms with E-state index in [1.54, 1.807) is 47.8 Å². The minimum absolute atomic E-state index is 0.285. The summed E-state index contributed by atoms with van der Waals surface area (Å²) in [5.41, 5.74) is 0.542. The molecular formula is C13H13O4PS. The fraction of sp³-hybridized carbons (Fsp3) is 0.154. The molecule has 2 aromatic rings. The van der Waals surface area contributed by atoms with Crippen molar-refractivity contribution in [3.8, 4) is 0 Å². The topological polar surface area (TPSA) is 74.6 Å². The third-order valence-electron chi connectivity index (χ3n) is 2.78. The standard InChI is InChI=1S/C13H13O4PS/c14-13(15)11(10-5-2-1-3-6-10)9-18(16,17)12-7-4-8-19-12/h1-8,11H,9H2,(H,14,15)(H,16,17). The number of carbonyl (C=O) groups is 1. The van der Waals surface area contributed by atoms with Crippen molar-refractivity contribution in [1.29, 1.82) is 0 Å². The van der Waals surface area contributed by atoms with E-state index in [1.807, 2.05) is 0 Å². The Hall–Kier alpha value is -1.42. The van der Waals surface area contributed by atoms with Crippen LogP contribution in [0.2, 0.25) is 0 Å². The largest absolute Gasteiger partial charge is 0.481 e. The summed E-state index contributed by atoms with van der Waals surface area (Å²) in [6, 6.07) is 11.8. The number of hydrogen-bond donors (Lipinski definition) is 2. The van der Waals surface area contributed by atoms with E-state index in [0.29, 0.717) is 10.2 Å². The molecule has 0 saturated carbocycles. The molecule has 1 heterocycles. The summed E-state index contributed by atoms with van der Waals surface area (Å²) in [7, 11) is -3.63. The Kier molecular flexibility index (Phi) is 4.20. The predicted octanol–water partition coefficient (Wildman–Crippen LogP) is 2.51. The van der Waals surface area contributed by atoms with Gasteiger partial charge >= 0.3 is 5.97 Å². The van der Waals surface area contributed by atoms with Crippen LogP contribution in [-0.2, 0) is 9.36 Å². The molecule has 0 bridgehead atoms. The number of rotatable bonds is 5. The van der Waals surface area contributed by atoms with Crippen molar-refractivity contribution in [3.63, 3.8) is 0 Å². The van der Waals surface area contributed by atoms with Gasteiger partial charge in [0.1, 0.15) is 0 Å². The van der Waals surface area contributed by atoms with Gasteiger partial charge in [-0.15, -0.1) is 11.3 Å². The van der Waals surface area contributed by atoms with E-state index < -0.39 is 19.3 Å². The van der Waals surface area contributed by atoms with E-state index in [1.165, 1.54) is 11.3 Å². The molecule has 0 spiro atoms. The Labute approximate surface area is 114 Å². The molecule has 19 heavy (non-hydrogen) atoms. The van der Waals surface area contributed by atoms with Crippen molar-refractivity contribution in [2.75, 3.05) is 6.16 Å². The minimum Gasteiger partial charge on any atom is -0.481 e. The maximum atomic E-state index is 12.3. The number of carboxylic acids is 1. The van der Waals surface area contributed by atoms with E-state index in [9.17, 15) is 19.4 Å². The maximum absolute atomic E-state index is 12.3. The van der Waals surface area contributed by atoms with Gasteiger partial charge in [0.05, 0.1) is 10.5 Å². The first-order chi connectivity index (χ1) is 9.00. The summed E-state index contributed by atoms with van der Waals surface area (Å²) >= 11 is 1.17. The molecule has 4 nitrogen and oxygen atoms in total. The maximum Gasteiger partial charge on any atom is 0.311 e. The van der Waals surface area contributed by atoms with E-state index in [-0.39, 0.29) is 6.16 Å².